The Hall–Kier alpha value is -1.20. The Labute approximate surface area is 89.1 Å². The lowest BCUT2D eigenvalue weighted by Gasteiger charge is -1.92. The smallest absolute Gasteiger partial charge is 0.217 e. The van der Waals surface area contributed by atoms with Crippen molar-refractivity contribution in [3.63, 3.8) is 0 Å². The van der Waals surface area contributed by atoms with Crippen molar-refractivity contribution in [1.29, 1.82) is 0 Å². The average Bonchev–Trinajstić information content (AvgIpc) is 2.73. The van der Waals surface area contributed by atoms with Crippen LogP contribution in [0.1, 0.15) is 16.1 Å². The Kier molecular flexibility index (Phi) is 2.35. The zero-order chi connectivity index (χ0) is 10.1. The van der Waals surface area contributed by atoms with Crippen LogP contribution < -0.4 is 0 Å². The lowest BCUT2D eigenvalue weighted by Crippen LogP contribution is -2.02. The van der Waals surface area contributed by atoms with Gasteiger partial charge in [-0.3, -0.25) is 4.79 Å². The molecule has 0 aromatic carbocycles. The van der Waals surface area contributed by atoms with Crippen molar-refractivity contribution < 1.29 is 4.79 Å². The summed E-state index contributed by atoms with van der Waals surface area (Å²) in [4.78, 5) is 13.1. The molecule has 0 atom stereocenters. The lowest BCUT2D eigenvalue weighted by atomic mass is 10.2. The zero-order valence-electron chi connectivity index (χ0n) is 7.27. The minimum Gasteiger partial charge on any atom is -0.287 e. The molecule has 0 aliphatic carbocycles. The second kappa shape index (κ2) is 3.51. The molecule has 0 saturated carbocycles. The van der Waals surface area contributed by atoms with Gasteiger partial charge in [0.2, 0.25) is 5.78 Å². The van der Waals surface area contributed by atoms with Gasteiger partial charge >= 0.3 is 0 Å². The van der Waals surface area contributed by atoms with Gasteiger partial charge in [-0.15, -0.1) is 11.3 Å². The largest absolute Gasteiger partial charge is 0.287 e. The minimum absolute atomic E-state index is 0.190. The van der Waals surface area contributed by atoms with Crippen LogP contribution in [-0.4, -0.2) is 20.8 Å². The van der Waals surface area contributed by atoms with E-state index in [0.29, 0.717) is 15.6 Å². The van der Waals surface area contributed by atoms with E-state index in [4.69, 9.17) is 11.6 Å². The van der Waals surface area contributed by atoms with E-state index in [1.165, 1.54) is 22.3 Å². The molecule has 0 saturated heterocycles. The number of halogens is 1. The summed E-state index contributed by atoms with van der Waals surface area (Å²) in [7, 11) is 1.66. The molecule has 2 aromatic heterocycles. The third-order valence-electron chi connectivity index (χ3n) is 1.69. The van der Waals surface area contributed by atoms with Crippen LogP contribution in [0.5, 0.6) is 0 Å². The highest BCUT2D eigenvalue weighted by atomic mass is 35.5. The van der Waals surface area contributed by atoms with Crippen LogP contribution in [0.25, 0.3) is 0 Å². The number of aromatic nitrogens is 3. The van der Waals surface area contributed by atoms with Crippen molar-refractivity contribution >= 4 is 28.7 Å². The average molecular weight is 228 g/mol. The number of thiophene rings is 1. The summed E-state index contributed by atoms with van der Waals surface area (Å²) in [6.45, 7) is 0. The van der Waals surface area contributed by atoms with Gasteiger partial charge in [0.25, 0.3) is 0 Å². The molecule has 2 rings (SSSR count). The Morgan fingerprint density at radius 2 is 2.43 bits per heavy atom. The monoisotopic (exact) mass is 227 g/mol. The molecule has 6 heteroatoms. The number of rotatable bonds is 2. The highest BCUT2D eigenvalue weighted by Gasteiger charge is 2.16. The summed E-state index contributed by atoms with van der Waals surface area (Å²) >= 11 is 7.16. The first-order valence-corrected chi connectivity index (χ1v) is 5.08. The Morgan fingerprint density at radius 3 is 2.93 bits per heavy atom. The molecule has 0 amide bonds. The third-order valence-corrected chi connectivity index (χ3v) is 2.86. The van der Waals surface area contributed by atoms with E-state index in [9.17, 15) is 4.79 Å². The summed E-state index contributed by atoms with van der Waals surface area (Å²) in [6.07, 6.45) is 1.43. The molecule has 0 radical (unpaired) electrons. The summed E-state index contributed by atoms with van der Waals surface area (Å²) < 4.78 is 0.487. The Bertz CT molecular complexity index is 476. The maximum absolute atomic E-state index is 11.7. The van der Waals surface area contributed by atoms with Gasteiger partial charge in [0.05, 0.1) is 11.8 Å². The molecule has 4 nitrogen and oxygen atoms in total. The SMILES string of the molecule is Cn1ncc(C(=O)c2ccsc2Cl)n1. The molecule has 0 aliphatic rings. The number of aryl methyl sites for hydroxylation is 1. The van der Waals surface area contributed by atoms with Gasteiger partial charge in [0, 0.05) is 7.05 Å². The number of hydrogen-bond donors (Lipinski definition) is 0. The number of hydrogen-bond acceptors (Lipinski definition) is 4. The molecule has 0 fully saturated rings. The van der Waals surface area contributed by atoms with E-state index in [1.807, 2.05) is 0 Å². The fourth-order valence-corrected chi connectivity index (χ4v) is 1.96. The second-order valence-corrected chi connectivity index (χ2v) is 4.17. The van der Waals surface area contributed by atoms with Crippen molar-refractivity contribution in [1.82, 2.24) is 15.0 Å². The number of carbonyl (C=O) groups excluding carboxylic acids is 1. The van der Waals surface area contributed by atoms with Crippen molar-refractivity contribution in [2.45, 2.75) is 0 Å². The van der Waals surface area contributed by atoms with Gasteiger partial charge in [0.1, 0.15) is 4.34 Å². The molecule has 0 N–H and O–H groups in total. The third kappa shape index (κ3) is 1.56. The second-order valence-electron chi connectivity index (χ2n) is 2.66. The van der Waals surface area contributed by atoms with Gasteiger partial charge < -0.3 is 0 Å². The van der Waals surface area contributed by atoms with Crippen LogP contribution >= 0.6 is 22.9 Å². The van der Waals surface area contributed by atoms with Crippen LogP contribution in [0, 0.1) is 0 Å². The topological polar surface area (TPSA) is 47.8 Å². The molecule has 2 aromatic rings. The molecule has 0 bridgehead atoms. The zero-order valence-corrected chi connectivity index (χ0v) is 8.84. The number of carbonyl (C=O) groups is 1. The van der Waals surface area contributed by atoms with Crippen molar-refractivity contribution in [3.8, 4) is 0 Å². The maximum atomic E-state index is 11.7. The number of ketones is 1. The molecule has 14 heavy (non-hydrogen) atoms. The first-order valence-electron chi connectivity index (χ1n) is 3.82. The first-order chi connectivity index (χ1) is 6.68. The molecule has 2 heterocycles. The van der Waals surface area contributed by atoms with Crippen molar-refractivity contribution in [3.05, 3.63) is 33.2 Å². The standard InChI is InChI=1S/C8H6ClN3OS/c1-12-10-4-6(11-12)7(13)5-2-3-14-8(5)9/h2-4H,1H3. The summed E-state index contributed by atoms with van der Waals surface area (Å²) in [5.41, 5.74) is 0.796. The molecule has 0 aliphatic heterocycles. The van der Waals surface area contributed by atoms with Gasteiger partial charge in [-0.1, -0.05) is 11.6 Å². The predicted molar refractivity (Wildman–Crippen MR) is 53.8 cm³/mol. The normalized spacial score (nSPS) is 10.4. The van der Waals surface area contributed by atoms with Crippen LogP contribution in [0.3, 0.4) is 0 Å². The van der Waals surface area contributed by atoms with Crippen molar-refractivity contribution in [2.75, 3.05) is 0 Å². The van der Waals surface area contributed by atoms with Crippen LogP contribution in [-0.2, 0) is 7.05 Å². The fourth-order valence-electron chi connectivity index (χ4n) is 1.04. The Morgan fingerprint density at radius 1 is 1.64 bits per heavy atom. The van der Waals surface area contributed by atoms with Crippen LogP contribution in [0.4, 0.5) is 0 Å². The first kappa shape index (κ1) is 9.36. The molecule has 72 valence electrons. The summed E-state index contributed by atoms with van der Waals surface area (Å²) in [5, 5.41) is 9.50. The van der Waals surface area contributed by atoms with Gasteiger partial charge in [-0.2, -0.15) is 15.0 Å². The lowest BCUT2D eigenvalue weighted by molar-refractivity contribution is 0.103. The number of nitrogens with zero attached hydrogens (tertiary/aromatic N) is 3. The van der Waals surface area contributed by atoms with Gasteiger partial charge in [-0.05, 0) is 11.4 Å². The molecular weight excluding hydrogens is 222 g/mol. The van der Waals surface area contributed by atoms with Gasteiger partial charge in [0.15, 0.2) is 5.69 Å². The summed E-state index contributed by atoms with van der Waals surface area (Å²) in [6, 6.07) is 1.68. The molecule has 0 unspecified atom stereocenters. The van der Waals surface area contributed by atoms with E-state index >= 15 is 0 Å². The summed E-state index contributed by atoms with van der Waals surface area (Å²) in [5.74, 6) is -0.190. The van der Waals surface area contributed by atoms with Crippen LogP contribution in [0.15, 0.2) is 17.6 Å². The molecular formula is C8H6ClN3OS. The van der Waals surface area contributed by atoms with E-state index in [1.54, 1.807) is 18.5 Å². The highest BCUT2D eigenvalue weighted by Crippen LogP contribution is 2.24. The van der Waals surface area contributed by atoms with Gasteiger partial charge in [-0.25, -0.2) is 0 Å². The van der Waals surface area contributed by atoms with Crippen LogP contribution in [0.2, 0.25) is 4.34 Å². The Balaban J connectivity index is 2.38. The highest BCUT2D eigenvalue weighted by molar-refractivity contribution is 7.14. The molecule has 0 spiro atoms. The van der Waals surface area contributed by atoms with E-state index in [-0.39, 0.29) is 5.78 Å². The fraction of sp³-hybridized carbons (Fsp3) is 0.125. The van der Waals surface area contributed by atoms with E-state index in [0.717, 1.165) is 0 Å². The van der Waals surface area contributed by atoms with E-state index < -0.39 is 0 Å². The predicted octanol–water partition coefficient (Wildman–Crippen LogP) is 1.76. The quantitative estimate of drug-likeness (QED) is 0.735. The maximum Gasteiger partial charge on any atom is 0.217 e. The van der Waals surface area contributed by atoms with Crippen molar-refractivity contribution in [2.24, 2.45) is 7.05 Å². The van der Waals surface area contributed by atoms with E-state index in [2.05, 4.69) is 10.2 Å². The minimum atomic E-state index is -0.190.